The van der Waals surface area contributed by atoms with E-state index in [4.69, 9.17) is 21.0 Å². The maximum atomic E-state index is 11.1. The van der Waals surface area contributed by atoms with Crippen molar-refractivity contribution >= 4 is 35.9 Å². The van der Waals surface area contributed by atoms with Gasteiger partial charge in [-0.3, -0.25) is 0 Å². The Labute approximate surface area is 210 Å². The number of aromatic nitrogens is 3. The number of halogens is 1. The number of rotatable bonds is 6. The number of urea groups is 1. The first-order valence-corrected chi connectivity index (χ1v) is 11.5. The molecule has 180 valence electrons. The zero-order chi connectivity index (χ0) is 23.5. The highest BCUT2D eigenvalue weighted by Crippen LogP contribution is 2.42. The van der Waals surface area contributed by atoms with Crippen molar-refractivity contribution in [3.05, 3.63) is 59.9 Å². The van der Waals surface area contributed by atoms with E-state index >= 15 is 0 Å². The van der Waals surface area contributed by atoms with Crippen LogP contribution in [0.5, 0.6) is 0 Å². The molecule has 0 spiro atoms. The van der Waals surface area contributed by atoms with Crippen molar-refractivity contribution in [3.63, 3.8) is 0 Å². The average Bonchev–Trinajstić information content (AvgIpc) is 3.70. The number of pyridine rings is 3. The number of nitrogens with one attached hydrogen (secondary N) is 2. The first-order chi connectivity index (χ1) is 16.6. The normalized spacial score (nSPS) is 15.6. The van der Waals surface area contributed by atoms with E-state index in [0.717, 1.165) is 43.0 Å². The number of anilines is 3. The Morgan fingerprint density at radius 2 is 1.86 bits per heavy atom. The molecule has 1 aliphatic carbocycles. The molecular weight excluding hydrogens is 464 g/mol. The van der Waals surface area contributed by atoms with Gasteiger partial charge in [-0.15, -0.1) is 12.4 Å². The molecule has 2 amide bonds. The second kappa shape index (κ2) is 10.6. The van der Waals surface area contributed by atoms with E-state index in [2.05, 4.69) is 38.7 Å². The Morgan fingerprint density at radius 1 is 1.06 bits per heavy atom. The second-order valence-corrected chi connectivity index (χ2v) is 8.79. The molecule has 0 radical (unpaired) electrons. The van der Waals surface area contributed by atoms with Gasteiger partial charge in [0.2, 0.25) is 0 Å². The molecule has 2 aliphatic rings. The average molecular weight is 491 g/mol. The van der Waals surface area contributed by atoms with E-state index < -0.39 is 6.03 Å². The number of nitrogens with zero attached hydrogens (tertiary/aromatic N) is 5. The molecule has 1 aliphatic heterocycles. The molecule has 4 N–H and O–H groups in total. The van der Waals surface area contributed by atoms with Crippen molar-refractivity contribution in [2.24, 2.45) is 5.73 Å². The summed E-state index contributed by atoms with van der Waals surface area (Å²) in [5.74, 6) is 2.77. The minimum Gasteiger partial charge on any atom is -0.356 e. The standard InChI is InChI=1S/C25H26N8O.ClH/c26-14-16-5-8-28-22(11-16)32-23-13-19(17-1-2-17)12-21(31-23)18-3-4-24(29-15-18)33-9-6-20(7-10-33)30-25(27)34;/h3-5,8,11-13,15,17,20H,1-2,6-7,9-10H2,(H3,27,30,34)(H,28,31,32);1H. The molecule has 3 aromatic rings. The molecule has 5 rings (SSSR count). The van der Waals surface area contributed by atoms with Crippen molar-refractivity contribution in [2.45, 2.75) is 37.6 Å². The highest BCUT2D eigenvalue weighted by Gasteiger charge is 2.25. The van der Waals surface area contributed by atoms with Crippen LogP contribution in [0.15, 0.2) is 48.8 Å². The Morgan fingerprint density at radius 3 is 2.51 bits per heavy atom. The Kier molecular flexibility index (Phi) is 7.32. The summed E-state index contributed by atoms with van der Waals surface area (Å²) in [7, 11) is 0. The molecule has 0 aromatic carbocycles. The van der Waals surface area contributed by atoms with Gasteiger partial charge >= 0.3 is 6.03 Å². The number of nitriles is 1. The van der Waals surface area contributed by atoms with Crippen LogP contribution < -0.4 is 21.3 Å². The summed E-state index contributed by atoms with van der Waals surface area (Å²) in [6, 6.07) is 13.4. The molecule has 35 heavy (non-hydrogen) atoms. The number of carbonyl (C=O) groups is 1. The van der Waals surface area contributed by atoms with Gasteiger partial charge in [0.15, 0.2) is 0 Å². The number of hydrogen-bond acceptors (Lipinski definition) is 7. The van der Waals surface area contributed by atoms with E-state index in [0.29, 0.717) is 23.1 Å². The van der Waals surface area contributed by atoms with Gasteiger partial charge in [-0.05, 0) is 73.6 Å². The summed E-state index contributed by atoms with van der Waals surface area (Å²) in [5.41, 5.74) is 8.83. The Hall–Kier alpha value is -3.90. The van der Waals surface area contributed by atoms with Crippen LogP contribution in [0, 0.1) is 11.3 Å². The maximum Gasteiger partial charge on any atom is 0.312 e. The molecular formula is C25H27ClN8O. The summed E-state index contributed by atoms with van der Waals surface area (Å²) < 4.78 is 0. The van der Waals surface area contributed by atoms with Gasteiger partial charge in [0, 0.05) is 37.1 Å². The van der Waals surface area contributed by atoms with Crippen molar-refractivity contribution in [3.8, 4) is 17.3 Å². The Balaban J connectivity index is 0.00000289. The SMILES string of the molecule is Cl.N#Cc1ccnc(Nc2cc(C3CC3)cc(-c3ccc(N4CCC(NC(N)=O)CC4)nc3)n2)c1. The fraction of sp³-hybridized carbons (Fsp3) is 0.320. The number of nitrogens with two attached hydrogens (primary N) is 1. The molecule has 0 unspecified atom stereocenters. The molecule has 0 atom stereocenters. The fourth-order valence-corrected chi connectivity index (χ4v) is 4.29. The van der Waals surface area contributed by atoms with Crippen LogP contribution in [-0.4, -0.2) is 40.1 Å². The number of amides is 2. The van der Waals surface area contributed by atoms with Gasteiger partial charge in [-0.1, -0.05) is 0 Å². The van der Waals surface area contributed by atoms with Gasteiger partial charge in [-0.2, -0.15) is 5.26 Å². The third-order valence-corrected chi connectivity index (χ3v) is 6.25. The first-order valence-electron chi connectivity index (χ1n) is 11.5. The summed E-state index contributed by atoms with van der Waals surface area (Å²) in [6.45, 7) is 1.63. The highest BCUT2D eigenvalue weighted by atomic mass is 35.5. The van der Waals surface area contributed by atoms with Gasteiger partial charge in [-0.25, -0.2) is 19.7 Å². The van der Waals surface area contributed by atoms with Crippen molar-refractivity contribution in [2.75, 3.05) is 23.3 Å². The van der Waals surface area contributed by atoms with Crippen LogP contribution >= 0.6 is 12.4 Å². The van der Waals surface area contributed by atoms with Crippen LogP contribution in [0.4, 0.5) is 22.2 Å². The molecule has 3 aromatic heterocycles. The van der Waals surface area contributed by atoms with E-state index in [1.165, 1.54) is 18.4 Å². The molecule has 1 saturated heterocycles. The van der Waals surface area contributed by atoms with Crippen molar-refractivity contribution in [1.82, 2.24) is 20.3 Å². The maximum absolute atomic E-state index is 11.1. The molecule has 1 saturated carbocycles. The minimum absolute atomic E-state index is 0. The molecule has 2 fully saturated rings. The van der Waals surface area contributed by atoms with E-state index in [9.17, 15) is 4.79 Å². The number of hydrogen-bond donors (Lipinski definition) is 3. The van der Waals surface area contributed by atoms with Crippen LogP contribution in [0.25, 0.3) is 11.3 Å². The lowest BCUT2D eigenvalue weighted by Gasteiger charge is -2.32. The zero-order valence-corrected chi connectivity index (χ0v) is 20.0. The number of carbonyl (C=O) groups excluding carboxylic acids is 1. The van der Waals surface area contributed by atoms with Crippen LogP contribution in [-0.2, 0) is 0 Å². The van der Waals surface area contributed by atoms with E-state index in [1.54, 1.807) is 18.3 Å². The minimum atomic E-state index is -0.468. The quantitative estimate of drug-likeness (QED) is 0.473. The van der Waals surface area contributed by atoms with Gasteiger partial charge in [0.25, 0.3) is 0 Å². The largest absolute Gasteiger partial charge is 0.356 e. The third-order valence-electron chi connectivity index (χ3n) is 6.25. The third kappa shape index (κ3) is 5.97. The lowest BCUT2D eigenvalue weighted by Crippen LogP contribution is -2.46. The topological polar surface area (TPSA) is 133 Å². The lowest BCUT2D eigenvalue weighted by atomic mass is 10.0. The summed E-state index contributed by atoms with van der Waals surface area (Å²) in [6.07, 6.45) is 7.52. The predicted octanol–water partition coefficient (Wildman–Crippen LogP) is 4.09. The smallest absolute Gasteiger partial charge is 0.312 e. The second-order valence-electron chi connectivity index (χ2n) is 8.79. The molecule has 10 heteroatoms. The molecule has 0 bridgehead atoms. The van der Waals surface area contributed by atoms with Gasteiger partial charge < -0.3 is 21.3 Å². The van der Waals surface area contributed by atoms with E-state index in [-0.39, 0.29) is 18.4 Å². The zero-order valence-electron chi connectivity index (χ0n) is 19.1. The number of piperidine rings is 1. The van der Waals surface area contributed by atoms with Crippen LogP contribution in [0.1, 0.15) is 42.7 Å². The monoisotopic (exact) mass is 490 g/mol. The number of primary amides is 1. The summed E-state index contributed by atoms with van der Waals surface area (Å²) in [4.78, 5) is 27.1. The Bertz CT molecular complexity index is 1230. The van der Waals surface area contributed by atoms with Gasteiger partial charge in [0.1, 0.15) is 17.5 Å². The fourth-order valence-electron chi connectivity index (χ4n) is 4.29. The predicted molar refractivity (Wildman–Crippen MR) is 137 cm³/mol. The van der Waals surface area contributed by atoms with Gasteiger partial charge in [0.05, 0.1) is 17.3 Å². The van der Waals surface area contributed by atoms with Crippen molar-refractivity contribution < 1.29 is 4.79 Å². The lowest BCUT2D eigenvalue weighted by molar-refractivity contribution is 0.242. The van der Waals surface area contributed by atoms with Crippen LogP contribution in [0.3, 0.4) is 0 Å². The molecule has 4 heterocycles. The summed E-state index contributed by atoms with van der Waals surface area (Å²) in [5, 5.41) is 15.2. The highest BCUT2D eigenvalue weighted by molar-refractivity contribution is 5.85. The van der Waals surface area contributed by atoms with Crippen LogP contribution in [0.2, 0.25) is 0 Å². The first kappa shape index (κ1) is 24.2. The van der Waals surface area contributed by atoms with E-state index in [1.807, 2.05) is 18.3 Å². The summed E-state index contributed by atoms with van der Waals surface area (Å²) >= 11 is 0. The van der Waals surface area contributed by atoms with Crippen molar-refractivity contribution in [1.29, 1.82) is 5.26 Å². The molecule has 9 nitrogen and oxygen atoms in total.